The number of halogens is 4. The van der Waals surface area contributed by atoms with Crippen LogP contribution < -0.4 is 11.1 Å². The second-order valence-corrected chi connectivity index (χ2v) is 10.2. The number of pyridine rings is 2. The van der Waals surface area contributed by atoms with Crippen molar-refractivity contribution in [3.05, 3.63) is 52.7 Å². The Hall–Kier alpha value is -3.80. The molecule has 2 unspecified atom stereocenters. The zero-order valence-electron chi connectivity index (χ0n) is 18.7. The lowest BCUT2D eigenvalue weighted by molar-refractivity contribution is -0.117. The largest absolute Gasteiger partial charge is 0.408 e. The minimum absolute atomic E-state index is 0.00147. The molecule has 186 valence electrons. The fourth-order valence-corrected chi connectivity index (χ4v) is 5.40. The van der Waals surface area contributed by atoms with Crippen LogP contribution in [0.2, 0.25) is 0 Å². The number of rotatable bonds is 4. The van der Waals surface area contributed by atoms with Gasteiger partial charge in [-0.15, -0.1) is 0 Å². The van der Waals surface area contributed by atoms with Crippen molar-refractivity contribution in [1.82, 2.24) is 14.3 Å². The second-order valence-electron chi connectivity index (χ2n) is 7.88. The molecule has 0 saturated heterocycles. The summed E-state index contributed by atoms with van der Waals surface area (Å²) in [6.07, 6.45) is -3.50. The third-order valence-electron chi connectivity index (χ3n) is 5.05. The lowest BCUT2D eigenvalue weighted by Crippen LogP contribution is -2.51. The Labute approximate surface area is 198 Å². The lowest BCUT2D eigenvalue weighted by atomic mass is 10.00. The van der Waals surface area contributed by atoms with Crippen molar-refractivity contribution >= 4 is 27.6 Å². The fraction of sp³-hybridized carbons (Fsp3) is 0.350. The van der Waals surface area contributed by atoms with E-state index in [-0.39, 0.29) is 17.1 Å². The molecular formula is C20H20F4N8O2S. The van der Waals surface area contributed by atoms with Crippen molar-refractivity contribution in [3.63, 3.8) is 0 Å². The van der Waals surface area contributed by atoms with Gasteiger partial charge in [-0.2, -0.15) is 18.4 Å². The van der Waals surface area contributed by atoms with E-state index in [1.54, 1.807) is 6.92 Å². The number of nitrogens with two attached hydrogens (primary N) is 1. The van der Waals surface area contributed by atoms with Crippen molar-refractivity contribution in [2.24, 2.45) is 15.1 Å². The maximum Gasteiger partial charge on any atom is 0.408 e. The summed E-state index contributed by atoms with van der Waals surface area (Å²) in [7, 11) is -2.59. The van der Waals surface area contributed by atoms with Crippen LogP contribution in [0.15, 0.2) is 33.8 Å². The molecule has 0 fully saturated rings. The standard InChI is InChI=1S/C20H20F4N8O2S/c1-11-6-12(7-25)8-27-15(11)17(33)30-14-5-4-13(21)16(29-14)19(2)10-35(34,28-9-20(22,23)24)32(3)18(26)31-19/h4-6,8H,9-10H2,1-3H3,(H2,26,31)(H,29,30,33). The highest BCUT2D eigenvalue weighted by Crippen LogP contribution is 2.34. The molecule has 0 bridgehead atoms. The van der Waals surface area contributed by atoms with Gasteiger partial charge >= 0.3 is 6.18 Å². The number of anilines is 1. The molecular weight excluding hydrogens is 492 g/mol. The number of nitriles is 1. The topological polar surface area (TPSA) is 150 Å². The van der Waals surface area contributed by atoms with Gasteiger partial charge in [0.25, 0.3) is 5.91 Å². The Balaban J connectivity index is 1.99. The molecule has 3 rings (SSSR count). The highest BCUT2D eigenvalue weighted by atomic mass is 32.2. The van der Waals surface area contributed by atoms with E-state index in [9.17, 15) is 26.6 Å². The van der Waals surface area contributed by atoms with Gasteiger partial charge in [-0.25, -0.2) is 27.9 Å². The second kappa shape index (κ2) is 9.10. The minimum Gasteiger partial charge on any atom is -0.369 e. The van der Waals surface area contributed by atoms with Gasteiger partial charge in [-0.3, -0.25) is 9.10 Å². The van der Waals surface area contributed by atoms with Crippen molar-refractivity contribution in [2.75, 3.05) is 24.7 Å². The molecule has 0 spiro atoms. The van der Waals surface area contributed by atoms with Gasteiger partial charge in [0.15, 0.2) is 0 Å². The van der Waals surface area contributed by atoms with Gasteiger partial charge in [0, 0.05) is 13.2 Å². The normalized spacial score (nSPS) is 22.2. The van der Waals surface area contributed by atoms with Gasteiger partial charge < -0.3 is 11.1 Å². The van der Waals surface area contributed by atoms with E-state index < -0.39 is 57.3 Å². The molecule has 1 aliphatic rings. The Morgan fingerprint density at radius 3 is 2.71 bits per heavy atom. The van der Waals surface area contributed by atoms with Gasteiger partial charge in [0.05, 0.1) is 11.3 Å². The first-order chi connectivity index (χ1) is 16.2. The maximum absolute atomic E-state index is 14.8. The Kier molecular flexibility index (Phi) is 6.71. The molecule has 35 heavy (non-hydrogen) atoms. The zero-order chi connectivity index (χ0) is 26.2. The Morgan fingerprint density at radius 2 is 2.11 bits per heavy atom. The first-order valence-electron chi connectivity index (χ1n) is 9.89. The van der Waals surface area contributed by atoms with Crippen LogP contribution in [0.3, 0.4) is 0 Å². The minimum atomic E-state index is -4.71. The van der Waals surface area contributed by atoms with Gasteiger partial charge in [-0.05, 0) is 37.6 Å². The van der Waals surface area contributed by atoms with Gasteiger partial charge in [-0.1, -0.05) is 0 Å². The number of aromatic nitrogens is 2. The molecule has 2 atom stereocenters. The Bertz CT molecular complexity index is 1380. The van der Waals surface area contributed by atoms with Crippen LogP contribution in [0.5, 0.6) is 0 Å². The van der Waals surface area contributed by atoms with E-state index in [1.165, 1.54) is 26.2 Å². The highest BCUT2D eigenvalue weighted by molar-refractivity contribution is 7.92. The third kappa shape index (κ3) is 5.48. The van der Waals surface area contributed by atoms with E-state index in [0.717, 1.165) is 16.4 Å². The van der Waals surface area contributed by atoms with Crippen molar-refractivity contribution in [1.29, 1.82) is 5.26 Å². The molecule has 10 nitrogen and oxygen atoms in total. The maximum atomic E-state index is 14.8. The summed E-state index contributed by atoms with van der Waals surface area (Å²) in [4.78, 5) is 24.8. The fourth-order valence-electron chi connectivity index (χ4n) is 3.33. The number of hydrogen-bond donors (Lipinski definition) is 2. The van der Waals surface area contributed by atoms with E-state index in [2.05, 4.69) is 24.6 Å². The first-order valence-corrected chi connectivity index (χ1v) is 11.5. The van der Waals surface area contributed by atoms with Crippen molar-refractivity contribution in [3.8, 4) is 6.07 Å². The predicted molar refractivity (Wildman–Crippen MR) is 119 cm³/mol. The molecule has 2 aromatic heterocycles. The van der Waals surface area contributed by atoms with Crippen LogP contribution in [0, 0.1) is 24.1 Å². The molecule has 15 heteroatoms. The molecule has 3 N–H and O–H groups in total. The summed E-state index contributed by atoms with van der Waals surface area (Å²) >= 11 is 0. The number of nitrogens with zero attached hydrogens (tertiary/aromatic N) is 6. The number of aliphatic imine (C=N–C) groups is 1. The molecule has 2 aromatic rings. The van der Waals surface area contributed by atoms with E-state index in [4.69, 9.17) is 11.0 Å². The van der Waals surface area contributed by atoms with E-state index >= 15 is 0 Å². The number of carbonyl (C=O) groups is 1. The number of alkyl halides is 3. The third-order valence-corrected chi connectivity index (χ3v) is 7.56. The summed E-state index contributed by atoms with van der Waals surface area (Å²) in [5.41, 5.74) is 4.31. The molecule has 0 aromatic carbocycles. The number of hydrogen-bond acceptors (Lipinski definition) is 8. The number of amides is 1. The van der Waals surface area contributed by atoms with Crippen molar-refractivity contribution in [2.45, 2.75) is 25.6 Å². The molecule has 0 saturated carbocycles. The Morgan fingerprint density at radius 1 is 1.43 bits per heavy atom. The number of carbonyl (C=O) groups excluding carboxylic acids is 1. The van der Waals surface area contributed by atoms with Crippen LogP contribution in [0.25, 0.3) is 0 Å². The van der Waals surface area contributed by atoms with Crippen LogP contribution in [-0.4, -0.2) is 55.9 Å². The average molecular weight is 512 g/mol. The number of nitrogens with one attached hydrogen (secondary N) is 1. The summed E-state index contributed by atoms with van der Waals surface area (Å²) in [5.74, 6) is -2.77. The van der Waals surface area contributed by atoms with Crippen LogP contribution in [0.1, 0.15) is 34.2 Å². The average Bonchev–Trinajstić information content (AvgIpc) is 2.76. The molecule has 0 aliphatic carbocycles. The van der Waals surface area contributed by atoms with Crippen LogP contribution in [-0.2, 0) is 15.5 Å². The van der Waals surface area contributed by atoms with Crippen LogP contribution >= 0.6 is 0 Å². The van der Waals surface area contributed by atoms with Gasteiger partial charge in [0.1, 0.15) is 51.1 Å². The lowest BCUT2D eigenvalue weighted by Gasteiger charge is -2.36. The summed E-state index contributed by atoms with van der Waals surface area (Å²) in [6, 6.07) is 5.49. The van der Waals surface area contributed by atoms with Crippen molar-refractivity contribution < 1.29 is 26.6 Å². The SMILES string of the molecule is Cc1cc(C#N)cnc1C(=O)Nc1ccc(F)c(C2(C)CS(=O)(=NCC(F)(F)F)N(C)C(N)=N2)n1. The number of guanidine groups is 1. The van der Waals surface area contributed by atoms with E-state index in [1.807, 2.05) is 6.07 Å². The molecule has 1 aliphatic heterocycles. The molecule has 3 heterocycles. The number of aryl methyl sites for hydroxylation is 1. The summed E-state index contributed by atoms with van der Waals surface area (Å²) in [5, 5.41) is 11.4. The first kappa shape index (κ1) is 25.8. The summed E-state index contributed by atoms with van der Waals surface area (Å²) < 4.78 is 70.4. The summed E-state index contributed by atoms with van der Waals surface area (Å²) in [6.45, 7) is 1.19. The van der Waals surface area contributed by atoms with Crippen LogP contribution in [0.4, 0.5) is 23.4 Å². The quantitative estimate of drug-likeness (QED) is 0.601. The highest BCUT2D eigenvalue weighted by Gasteiger charge is 2.42. The monoisotopic (exact) mass is 512 g/mol. The van der Waals surface area contributed by atoms with Gasteiger partial charge in [0.2, 0.25) is 5.96 Å². The van der Waals surface area contributed by atoms with E-state index in [0.29, 0.717) is 5.56 Å². The molecule has 0 radical (unpaired) electrons. The predicted octanol–water partition coefficient (Wildman–Crippen LogP) is 2.47. The molecule has 1 amide bonds. The zero-order valence-corrected chi connectivity index (χ0v) is 19.5. The smallest absolute Gasteiger partial charge is 0.369 e.